The molecule has 2 nitrogen and oxygen atoms in total. The van der Waals surface area contributed by atoms with Gasteiger partial charge in [0.15, 0.2) is 0 Å². The Kier molecular flexibility index (Phi) is 6.84. The van der Waals surface area contributed by atoms with E-state index in [1.807, 2.05) is 0 Å². The van der Waals surface area contributed by atoms with Gasteiger partial charge in [0.05, 0.1) is 0 Å². The first kappa shape index (κ1) is 22.2. The first-order valence-corrected chi connectivity index (χ1v) is 12.1. The van der Waals surface area contributed by atoms with E-state index in [4.69, 9.17) is 4.74 Å². The Labute approximate surface area is 195 Å². The molecule has 0 aliphatic carbocycles. The second kappa shape index (κ2) is 10.1. The molecule has 5 rings (SSSR count). The van der Waals surface area contributed by atoms with Crippen LogP contribution in [0.1, 0.15) is 54.9 Å². The van der Waals surface area contributed by atoms with Gasteiger partial charge in [-0.2, -0.15) is 0 Å². The van der Waals surface area contributed by atoms with E-state index >= 15 is 0 Å². The third kappa shape index (κ3) is 5.34. The normalized spacial score (nSPS) is 22.7. The van der Waals surface area contributed by atoms with Crippen molar-refractivity contribution in [3.05, 3.63) is 107 Å². The molecule has 3 aromatic rings. The van der Waals surface area contributed by atoms with Crippen LogP contribution < -0.4 is 0 Å². The van der Waals surface area contributed by atoms with Crippen LogP contribution in [0.25, 0.3) is 0 Å². The third-order valence-corrected chi connectivity index (χ3v) is 7.35. The summed E-state index contributed by atoms with van der Waals surface area (Å²) in [5.41, 5.74) is 3.18. The lowest BCUT2D eigenvalue weighted by atomic mass is 9.88. The number of fused-ring (bicyclic) bond motifs is 2. The highest BCUT2D eigenvalue weighted by atomic mass is 19.1. The molecule has 0 N–H and O–H groups in total. The number of rotatable bonds is 8. The Morgan fingerprint density at radius 3 is 1.85 bits per heavy atom. The standard InChI is InChI=1S/C29H31F2NO/c30-25-10-6-23(7-11-25)29(24-8-12-26(31)13-9-24)33-17-16-22-18-27-14-15-28(19-22)32(27)20-21-4-2-1-3-5-21/h1-13,22,27-29H,14-20H2. The van der Waals surface area contributed by atoms with Crippen LogP contribution in [0.3, 0.4) is 0 Å². The van der Waals surface area contributed by atoms with E-state index < -0.39 is 0 Å². The average molecular weight is 448 g/mol. The van der Waals surface area contributed by atoms with E-state index in [0.717, 1.165) is 24.1 Å². The maximum Gasteiger partial charge on any atom is 0.123 e. The Bertz CT molecular complexity index is 962. The first-order chi connectivity index (χ1) is 16.2. The average Bonchev–Trinajstić information content (AvgIpc) is 3.06. The summed E-state index contributed by atoms with van der Waals surface area (Å²) in [6.07, 6.45) is 5.74. The SMILES string of the molecule is Fc1ccc(C(OCCC2CC3CCC(C2)N3Cc2ccccc2)c2ccc(F)cc2)cc1. The number of hydrogen-bond acceptors (Lipinski definition) is 2. The molecule has 3 aromatic carbocycles. The highest BCUT2D eigenvalue weighted by Crippen LogP contribution is 2.41. The lowest BCUT2D eigenvalue weighted by Gasteiger charge is -2.39. The van der Waals surface area contributed by atoms with Gasteiger partial charge < -0.3 is 4.74 Å². The Hall–Kier alpha value is -2.56. The summed E-state index contributed by atoms with van der Waals surface area (Å²) in [4.78, 5) is 2.71. The zero-order valence-electron chi connectivity index (χ0n) is 18.9. The summed E-state index contributed by atoms with van der Waals surface area (Å²) in [6, 6.07) is 25.0. The van der Waals surface area contributed by atoms with Crippen LogP contribution in [0.4, 0.5) is 8.78 Å². The Morgan fingerprint density at radius 1 is 0.758 bits per heavy atom. The van der Waals surface area contributed by atoms with Crippen LogP contribution >= 0.6 is 0 Å². The van der Waals surface area contributed by atoms with Crippen molar-refractivity contribution in [2.24, 2.45) is 5.92 Å². The number of benzene rings is 3. The molecule has 0 aromatic heterocycles. The van der Waals surface area contributed by atoms with Gasteiger partial charge >= 0.3 is 0 Å². The van der Waals surface area contributed by atoms with Gasteiger partial charge in [-0.05, 0) is 79.0 Å². The number of nitrogens with zero attached hydrogens (tertiary/aromatic N) is 1. The van der Waals surface area contributed by atoms with Gasteiger partial charge in [-0.25, -0.2) is 8.78 Å². The molecule has 0 radical (unpaired) electrons. The van der Waals surface area contributed by atoms with Crippen molar-refractivity contribution in [1.82, 2.24) is 4.90 Å². The molecule has 172 valence electrons. The lowest BCUT2D eigenvalue weighted by Crippen LogP contribution is -2.42. The van der Waals surface area contributed by atoms with Crippen molar-refractivity contribution in [3.63, 3.8) is 0 Å². The molecule has 0 spiro atoms. The Balaban J connectivity index is 1.20. The van der Waals surface area contributed by atoms with Crippen molar-refractivity contribution in [3.8, 4) is 0 Å². The van der Waals surface area contributed by atoms with Gasteiger partial charge in [-0.3, -0.25) is 4.90 Å². The van der Waals surface area contributed by atoms with Crippen molar-refractivity contribution < 1.29 is 13.5 Å². The predicted molar refractivity (Wildman–Crippen MR) is 127 cm³/mol. The van der Waals surface area contributed by atoms with Crippen LogP contribution in [0.5, 0.6) is 0 Å². The number of ether oxygens (including phenoxy) is 1. The second-order valence-electron chi connectivity index (χ2n) is 9.52. The molecule has 33 heavy (non-hydrogen) atoms. The van der Waals surface area contributed by atoms with Crippen molar-refractivity contribution in [2.45, 2.75) is 56.8 Å². The molecule has 0 amide bonds. The van der Waals surface area contributed by atoms with E-state index in [2.05, 4.69) is 35.2 Å². The van der Waals surface area contributed by atoms with Crippen LogP contribution in [0, 0.1) is 17.6 Å². The van der Waals surface area contributed by atoms with Gasteiger partial charge in [-0.1, -0.05) is 54.6 Å². The molecule has 2 bridgehead atoms. The van der Waals surface area contributed by atoms with E-state index in [-0.39, 0.29) is 17.7 Å². The largest absolute Gasteiger partial charge is 0.369 e. The van der Waals surface area contributed by atoms with Crippen molar-refractivity contribution in [2.75, 3.05) is 6.61 Å². The smallest absolute Gasteiger partial charge is 0.123 e. The highest BCUT2D eigenvalue weighted by molar-refractivity contribution is 5.30. The molecule has 2 aliphatic rings. The maximum atomic E-state index is 13.5. The molecular weight excluding hydrogens is 416 g/mol. The minimum Gasteiger partial charge on any atom is -0.369 e. The fourth-order valence-corrected chi connectivity index (χ4v) is 5.69. The number of hydrogen-bond donors (Lipinski definition) is 0. The van der Waals surface area contributed by atoms with E-state index in [1.165, 1.54) is 55.5 Å². The fourth-order valence-electron chi connectivity index (χ4n) is 5.69. The van der Waals surface area contributed by atoms with E-state index in [9.17, 15) is 8.78 Å². The van der Waals surface area contributed by atoms with Gasteiger partial charge in [0.1, 0.15) is 17.7 Å². The van der Waals surface area contributed by atoms with Gasteiger partial charge in [0.25, 0.3) is 0 Å². The first-order valence-electron chi connectivity index (χ1n) is 12.1. The van der Waals surface area contributed by atoms with Gasteiger partial charge in [-0.15, -0.1) is 0 Å². The molecule has 2 heterocycles. The highest BCUT2D eigenvalue weighted by Gasteiger charge is 2.40. The van der Waals surface area contributed by atoms with Gasteiger partial charge in [0, 0.05) is 25.2 Å². The summed E-state index contributed by atoms with van der Waals surface area (Å²) in [5.74, 6) is 0.125. The minimum absolute atomic E-state index is 0.269. The summed E-state index contributed by atoms with van der Waals surface area (Å²) < 4.78 is 33.3. The van der Waals surface area contributed by atoms with Crippen molar-refractivity contribution >= 4 is 0 Å². The number of piperidine rings is 1. The zero-order chi connectivity index (χ0) is 22.6. The summed E-state index contributed by atoms with van der Waals surface area (Å²) in [5, 5.41) is 0. The Morgan fingerprint density at radius 2 is 1.30 bits per heavy atom. The van der Waals surface area contributed by atoms with Crippen molar-refractivity contribution in [1.29, 1.82) is 0 Å². The lowest BCUT2D eigenvalue weighted by molar-refractivity contribution is 0.0441. The summed E-state index contributed by atoms with van der Waals surface area (Å²) >= 11 is 0. The third-order valence-electron chi connectivity index (χ3n) is 7.35. The number of halogens is 2. The molecule has 2 aliphatic heterocycles. The maximum absolute atomic E-state index is 13.5. The second-order valence-corrected chi connectivity index (χ2v) is 9.52. The summed E-state index contributed by atoms with van der Waals surface area (Å²) in [7, 11) is 0. The minimum atomic E-state index is -0.318. The van der Waals surface area contributed by atoms with Crippen LogP contribution in [-0.4, -0.2) is 23.6 Å². The van der Waals surface area contributed by atoms with E-state index in [1.54, 1.807) is 24.3 Å². The van der Waals surface area contributed by atoms with Gasteiger partial charge in [0.2, 0.25) is 0 Å². The monoisotopic (exact) mass is 447 g/mol. The van der Waals surface area contributed by atoms with Crippen LogP contribution in [-0.2, 0) is 11.3 Å². The molecule has 2 fully saturated rings. The fraction of sp³-hybridized carbons (Fsp3) is 0.379. The molecule has 0 saturated carbocycles. The molecule has 2 atom stereocenters. The topological polar surface area (TPSA) is 12.5 Å². The molecule has 2 unspecified atom stereocenters. The molecular formula is C29H31F2NO. The summed E-state index contributed by atoms with van der Waals surface area (Å²) in [6.45, 7) is 1.69. The molecule has 2 saturated heterocycles. The zero-order valence-corrected chi connectivity index (χ0v) is 18.9. The molecule has 4 heteroatoms. The van der Waals surface area contributed by atoms with Crippen LogP contribution in [0.2, 0.25) is 0 Å². The predicted octanol–water partition coefficient (Wildman–Crippen LogP) is 6.90. The van der Waals surface area contributed by atoms with Crippen LogP contribution in [0.15, 0.2) is 78.9 Å². The van der Waals surface area contributed by atoms with E-state index in [0.29, 0.717) is 24.6 Å². The quantitative estimate of drug-likeness (QED) is 0.372.